The third-order valence-corrected chi connectivity index (χ3v) is 3.14. The van der Waals surface area contributed by atoms with Crippen LogP contribution in [0.2, 0.25) is 0 Å². The Bertz CT molecular complexity index is 750. The largest absolute Gasteiger partial charge is 0.382 e. The van der Waals surface area contributed by atoms with Crippen LogP contribution in [0, 0.1) is 12.7 Å². The fraction of sp³-hybridized carbons (Fsp3) is 0.0667. The van der Waals surface area contributed by atoms with Crippen molar-refractivity contribution >= 4 is 5.82 Å². The van der Waals surface area contributed by atoms with Gasteiger partial charge in [0.1, 0.15) is 5.82 Å². The molecule has 0 unspecified atom stereocenters. The normalized spacial score (nSPS) is 10.7. The van der Waals surface area contributed by atoms with Crippen molar-refractivity contribution in [3.8, 4) is 22.4 Å². The number of pyridine rings is 1. The van der Waals surface area contributed by atoms with Crippen LogP contribution in [-0.2, 0) is 0 Å². The highest BCUT2D eigenvalue weighted by atomic mass is 19.1. The number of nitrogen functional groups attached to an aromatic ring is 1. The molecule has 3 rings (SSSR count). The Labute approximate surface area is 115 Å². The average Bonchev–Trinajstić information content (AvgIpc) is 2.81. The molecular weight excluding hydrogens is 255 g/mol. The van der Waals surface area contributed by atoms with Crippen molar-refractivity contribution in [1.29, 1.82) is 0 Å². The standard InChI is InChI=1S/C15H13FN4/c1-9-4-5-11(12(16)7-9)14-13(15(17)20-19-14)10-3-2-6-18-8-10/h2-8H,1H3,(H3,17,19,20). The van der Waals surface area contributed by atoms with Crippen molar-refractivity contribution in [2.75, 3.05) is 5.73 Å². The SMILES string of the molecule is Cc1ccc(-c2[nH]nc(N)c2-c2cccnc2)c(F)c1. The summed E-state index contributed by atoms with van der Waals surface area (Å²) in [6.07, 6.45) is 3.35. The predicted molar refractivity (Wildman–Crippen MR) is 76.4 cm³/mol. The van der Waals surface area contributed by atoms with Crippen molar-refractivity contribution in [3.63, 3.8) is 0 Å². The van der Waals surface area contributed by atoms with E-state index in [1.165, 1.54) is 6.07 Å². The minimum atomic E-state index is -0.307. The number of rotatable bonds is 2. The highest BCUT2D eigenvalue weighted by molar-refractivity contribution is 5.87. The molecule has 0 saturated heterocycles. The molecule has 5 heteroatoms. The van der Waals surface area contributed by atoms with Crippen LogP contribution in [0.5, 0.6) is 0 Å². The van der Waals surface area contributed by atoms with E-state index in [1.807, 2.05) is 19.1 Å². The third kappa shape index (κ3) is 2.03. The van der Waals surface area contributed by atoms with E-state index >= 15 is 0 Å². The van der Waals surface area contributed by atoms with Crippen molar-refractivity contribution in [1.82, 2.24) is 15.2 Å². The highest BCUT2D eigenvalue weighted by Crippen LogP contribution is 2.35. The molecule has 2 aromatic heterocycles. The minimum absolute atomic E-state index is 0.307. The molecule has 0 saturated carbocycles. The number of halogens is 1. The first-order chi connectivity index (χ1) is 9.66. The van der Waals surface area contributed by atoms with Crippen molar-refractivity contribution < 1.29 is 4.39 Å². The van der Waals surface area contributed by atoms with E-state index < -0.39 is 0 Å². The maximum absolute atomic E-state index is 14.1. The quantitative estimate of drug-likeness (QED) is 0.750. The smallest absolute Gasteiger partial charge is 0.153 e. The van der Waals surface area contributed by atoms with Gasteiger partial charge in [-0.3, -0.25) is 10.1 Å². The van der Waals surface area contributed by atoms with E-state index in [9.17, 15) is 4.39 Å². The summed E-state index contributed by atoms with van der Waals surface area (Å²) in [7, 11) is 0. The number of H-pyrrole nitrogens is 1. The molecule has 0 fully saturated rings. The highest BCUT2D eigenvalue weighted by Gasteiger charge is 2.17. The summed E-state index contributed by atoms with van der Waals surface area (Å²) in [6, 6.07) is 8.72. The minimum Gasteiger partial charge on any atom is -0.382 e. The number of hydrogen-bond donors (Lipinski definition) is 2. The fourth-order valence-electron chi connectivity index (χ4n) is 2.18. The van der Waals surface area contributed by atoms with Crippen LogP contribution in [0.4, 0.5) is 10.2 Å². The zero-order valence-corrected chi connectivity index (χ0v) is 10.9. The van der Waals surface area contributed by atoms with Gasteiger partial charge in [-0.1, -0.05) is 12.1 Å². The van der Waals surface area contributed by atoms with Gasteiger partial charge >= 0.3 is 0 Å². The van der Waals surface area contributed by atoms with Gasteiger partial charge in [0.25, 0.3) is 0 Å². The molecule has 100 valence electrons. The Hall–Kier alpha value is -2.69. The number of aryl methyl sites for hydroxylation is 1. The number of hydrogen-bond acceptors (Lipinski definition) is 3. The number of benzene rings is 1. The summed E-state index contributed by atoms with van der Waals surface area (Å²) in [5.74, 6) is 0.0202. The van der Waals surface area contributed by atoms with Crippen molar-refractivity contribution in [2.24, 2.45) is 0 Å². The summed E-state index contributed by atoms with van der Waals surface area (Å²) in [4.78, 5) is 4.06. The van der Waals surface area contributed by atoms with Crippen LogP contribution < -0.4 is 5.73 Å². The fourth-order valence-corrected chi connectivity index (χ4v) is 2.18. The third-order valence-electron chi connectivity index (χ3n) is 3.14. The zero-order chi connectivity index (χ0) is 14.1. The first-order valence-electron chi connectivity index (χ1n) is 6.17. The number of nitrogens with one attached hydrogen (secondary N) is 1. The lowest BCUT2D eigenvalue weighted by molar-refractivity contribution is 0.629. The molecule has 20 heavy (non-hydrogen) atoms. The molecule has 0 atom stereocenters. The van der Waals surface area contributed by atoms with Gasteiger partial charge in [0.05, 0.1) is 11.3 Å². The van der Waals surface area contributed by atoms with Crippen LogP contribution in [0.1, 0.15) is 5.56 Å². The van der Waals surface area contributed by atoms with Gasteiger partial charge in [-0.25, -0.2) is 4.39 Å². The Morgan fingerprint density at radius 2 is 2.10 bits per heavy atom. The second-order valence-corrected chi connectivity index (χ2v) is 4.58. The second kappa shape index (κ2) is 4.77. The van der Waals surface area contributed by atoms with Gasteiger partial charge in [-0.2, -0.15) is 5.10 Å². The monoisotopic (exact) mass is 268 g/mol. The summed E-state index contributed by atoms with van der Waals surface area (Å²) in [5.41, 5.74) is 9.23. The van der Waals surface area contributed by atoms with Crippen LogP contribution in [-0.4, -0.2) is 15.2 Å². The first-order valence-corrected chi connectivity index (χ1v) is 6.17. The number of nitrogens with two attached hydrogens (primary N) is 1. The summed E-state index contributed by atoms with van der Waals surface area (Å²) in [5, 5.41) is 6.80. The zero-order valence-electron chi connectivity index (χ0n) is 10.9. The van der Waals surface area contributed by atoms with Gasteiger partial charge in [-0.15, -0.1) is 0 Å². The van der Waals surface area contributed by atoms with E-state index in [0.717, 1.165) is 11.1 Å². The lowest BCUT2D eigenvalue weighted by Crippen LogP contribution is -1.91. The van der Waals surface area contributed by atoms with Crippen LogP contribution >= 0.6 is 0 Å². The number of aromatic nitrogens is 3. The van der Waals surface area contributed by atoms with Gasteiger partial charge < -0.3 is 5.73 Å². The summed E-state index contributed by atoms with van der Waals surface area (Å²) < 4.78 is 14.1. The Morgan fingerprint density at radius 1 is 1.25 bits per heavy atom. The molecule has 0 aliphatic rings. The molecule has 0 aliphatic carbocycles. The van der Waals surface area contributed by atoms with Crippen LogP contribution in [0.25, 0.3) is 22.4 Å². The molecule has 0 bridgehead atoms. The first kappa shape index (κ1) is 12.3. The van der Waals surface area contributed by atoms with E-state index in [4.69, 9.17) is 5.73 Å². The molecule has 0 spiro atoms. The van der Waals surface area contributed by atoms with Gasteiger partial charge in [-0.05, 0) is 30.7 Å². The Morgan fingerprint density at radius 3 is 2.80 bits per heavy atom. The molecule has 0 aliphatic heterocycles. The van der Waals surface area contributed by atoms with E-state index in [2.05, 4.69) is 15.2 Å². The Kier molecular flexibility index (Phi) is 2.95. The van der Waals surface area contributed by atoms with Crippen LogP contribution in [0.15, 0.2) is 42.7 Å². The number of anilines is 1. The van der Waals surface area contributed by atoms with E-state index in [1.54, 1.807) is 24.5 Å². The van der Waals surface area contributed by atoms with Crippen molar-refractivity contribution in [2.45, 2.75) is 6.92 Å². The average molecular weight is 268 g/mol. The number of nitrogens with zero attached hydrogens (tertiary/aromatic N) is 2. The van der Waals surface area contributed by atoms with Gasteiger partial charge in [0.15, 0.2) is 5.82 Å². The van der Waals surface area contributed by atoms with Gasteiger partial charge in [0, 0.05) is 23.5 Å². The predicted octanol–water partition coefficient (Wildman–Crippen LogP) is 3.17. The maximum atomic E-state index is 14.1. The lowest BCUT2D eigenvalue weighted by atomic mass is 10.0. The molecule has 0 radical (unpaired) electrons. The van der Waals surface area contributed by atoms with Gasteiger partial charge in [0.2, 0.25) is 0 Å². The molecular formula is C15H13FN4. The molecule has 4 nitrogen and oxygen atoms in total. The second-order valence-electron chi connectivity index (χ2n) is 4.58. The maximum Gasteiger partial charge on any atom is 0.153 e. The lowest BCUT2D eigenvalue weighted by Gasteiger charge is -2.06. The molecule has 1 aromatic carbocycles. The summed E-state index contributed by atoms with van der Waals surface area (Å²) in [6.45, 7) is 1.84. The molecule has 0 amide bonds. The molecule has 3 aromatic rings. The molecule has 2 heterocycles. The summed E-state index contributed by atoms with van der Waals surface area (Å²) >= 11 is 0. The van der Waals surface area contributed by atoms with E-state index in [0.29, 0.717) is 22.6 Å². The topological polar surface area (TPSA) is 67.6 Å². The molecule has 3 N–H and O–H groups in total. The Balaban J connectivity index is 2.21. The van der Waals surface area contributed by atoms with E-state index in [-0.39, 0.29) is 5.82 Å². The number of aromatic amines is 1. The van der Waals surface area contributed by atoms with Crippen LogP contribution in [0.3, 0.4) is 0 Å². The van der Waals surface area contributed by atoms with Crippen molar-refractivity contribution in [3.05, 3.63) is 54.1 Å².